The first kappa shape index (κ1) is 31.3. The number of nitrogens with one attached hydrogen (secondary N) is 2. The molecule has 2 aromatic carbocycles. The lowest BCUT2D eigenvalue weighted by molar-refractivity contribution is 0.251. The molecular formula is C36H46FN7O. The van der Waals surface area contributed by atoms with Gasteiger partial charge in [-0.15, -0.1) is 0 Å². The molecule has 0 radical (unpaired) electrons. The number of benzene rings is 2. The van der Waals surface area contributed by atoms with Gasteiger partial charge in [-0.25, -0.2) is 9.37 Å². The van der Waals surface area contributed by atoms with E-state index >= 15 is 4.39 Å². The number of aryl methyl sites for hydroxylation is 1. The standard InChI is InChI=1S/C36H46FN7O/c1-5-42(3)17-18-44-34-28(20-32(35(44)45)30-10-8-26(19-24(30)2)27-7-6-16-43(4)23-27)22-39-36(41-34)40-29-9-11-31(33(37)21-29)25-12-14-38-15-13-25/h8-11,19-22,25,27,38H,5-7,12-18,23H2,1-4H3,(H,39,40,41). The minimum Gasteiger partial charge on any atom is -0.324 e. The Balaban J connectivity index is 1.33. The molecular weight excluding hydrogens is 565 g/mol. The first-order valence-electron chi connectivity index (χ1n) is 16.5. The van der Waals surface area contributed by atoms with Crippen LogP contribution < -0.4 is 16.2 Å². The maximum Gasteiger partial charge on any atom is 0.260 e. The van der Waals surface area contributed by atoms with Crippen LogP contribution in [0.3, 0.4) is 0 Å². The van der Waals surface area contributed by atoms with Gasteiger partial charge in [0, 0.05) is 42.5 Å². The summed E-state index contributed by atoms with van der Waals surface area (Å²) in [5.74, 6) is 0.867. The van der Waals surface area contributed by atoms with Crippen molar-refractivity contribution in [1.82, 2.24) is 29.7 Å². The number of piperidine rings is 2. The zero-order valence-corrected chi connectivity index (χ0v) is 27.1. The molecule has 6 rings (SSSR count). The van der Waals surface area contributed by atoms with E-state index in [9.17, 15) is 4.79 Å². The van der Waals surface area contributed by atoms with Crippen molar-refractivity contribution < 1.29 is 4.39 Å². The minimum absolute atomic E-state index is 0.0673. The van der Waals surface area contributed by atoms with Gasteiger partial charge in [0.25, 0.3) is 5.56 Å². The first-order chi connectivity index (χ1) is 21.8. The second kappa shape index (κ2) is 13.8. The molecule has 0 saturated carbocycles. The van der Waals surface area contributed by atoms with Gasteiger partial charge in [0.1, 0.15) is 11.5 Å². The molecule has 8 nitrogen and oxygen atoms in total. The molecule has 45 heavy (non-hydrogen) atoms. The lowest BCUT2D eigenvalue weighted by atomic mass is 9.88. The summed E-state index contributed by atoms with van der Waals surface area (Å²) in [6.45, 7) is 10.3. The largest absolute Gasteiger partial charge is 0.324 e. The summed E-state index contributed by atoms with van der Waals surface area (Å²) in [4.78, 5) is 28.1. The predicted molar refractivity (Wildman–Crippen MR) is 181 cm³/mol. The Morgan fingerprint density at radius 3 is 2.62 bits per heavy atom. The molecule has 2 saturated heterocycles. The summed E-state index contributed by atoms with van der Waals surface area (Å²) in [5, 5.41) is 7.31. The van der Waals surface area contributed by atoms with Crippen molar-refractivity contribution in [2.45, 2.75) is 57.9 Å². The number of likely N-dealkylation sites (tertiary alicyclic amines) is 1. The molecule has 2 aromatic heterocycles. The summed E-state index contributed by atoms with van der Waals surface area (Å²) >= 11 is 0. The molecule has 4 aromatic rings. The lowest BCUT2D eigenvalue weighted by Crippen LogP contribution is -2.31. The number of aromatic nitrogens is 3. The van der Waals surface area contributed by atoms with Crippen LogP contribution in [0.25, 0.3) is 22.2 Å². The monoisotopic (exact) mass is 611 g/mol. The van der Waals surface area contributed by atoms with Gasteiger partial charge in [-0.05, 0) is 125 Å². The van der Waals surface area contributed by atoms with E-state index in [4.69, 9.17) is 4.98 Å². The second-order valence-electron chi connectivity index (χ2n) is 12.9. The van der Waals surface area contributed by atoms with E-state index in [0.717, 1.165) is 67.6 Å². The molecule has 0 bridgehead atoms. The van der Waals surface area contributed by atoms with E-state index < -0.39 is 0 Å². The quantitative estimate of drug-likeness (QED) is 0.245. The van der Waals surface area contributed by atoms with Crippen LogP contribution in [-0.4, -0.2) is 77.7 Å². The van der Waals surface area contributed by atoms with E-state index in [2.05, 4.69) is 64.5 Å². The summed E-state index contributed by atoms with van der Waals surface area (Å²) in [7, 11) is 4.24. The number of anilines is 2. The van der Waals surface area contributed by atoms with E-state index in [-0.39, 0.29) is 17.3 Å². The zero-order chi connectivity index (χ0) is 31.5. The third-order valence-corrected chi connectivity index (χ3v) is 9.74. The van der Waals surface area contributed by atoms with Crippen molar-refractivity contribution >= 4 is 22.7 Å². The fraction of sp³-hybridized carbons (Fsp3) is 0.472. The van der Waals surface area contributed by atoms with Gasteiger partial charge in [-0.1, -0.05) is 31.2 Å². The van der Waals surface area contributed by atoms with Crippen molar-refractivity contribution in [1.29, 1.82) is 0 Å². The third kappa shape index (κ3) is 6.95. The van der Waals surface area contributed by atoms with Crippen LogP contribution in [0.5, 0.6) is 0 Å². The number of fused-ring (bicyclic) bond motifs is 1. The molecule has 0 amide bonds. The topological polar surface area (TPSA) is 78.3 Å². The summed E-state index contributed by atoms with van der Waals surface area (Å²) in [5.41, 5.74) is 5.89. The Hall–Kier alpha value is -3.66. The number of halogens is 1. The molecule has 9 heteroatoms. The van der Waals surface area contributed by atoms with Gasteiger partial charge in [0.05, 0.1) is 0 Å². The van der Waals surface area contributed by atoms with Gasteiger partial charge < -0.3 is 20.4 Å². The van der Waals surface area contributed by atoms with Crippen LogP contribution >= 0.6 is 0 Å². The van der Waals surface area contributed by atoms with Gasteiger partial charge in [-0.3, -0.25) is 9.36 Å². The highest BCUT2D eigenvalue weighted by atomic mass is 19.1. The number of nitrogens with zero attached hydrogens (tertiary/aromatic N) is 5. The molecule has 2 fully saturated rings. The number of hydrogen-bond donors (Lipinski definition) is 2. The molecule has 2 aliphatic heterocycles. The van der Waals surface area contributed by atoms with Gasteiger partial charge in [0.2, 0.25) is 5.95 Å². The van der Waals surface area contributed by atoms with Crippen LogP contribution in [0.2, 0.25) is 0 Å². The van der Waals surface area contributed by atoms with Crippen molar-refractivity contribution in [3.8, 4) is 11.1 Å². The lowest BCUT2D eigenvalue weighted by Gasteiger charge is -2.30. The molecule has 2 N–H and O–H groups in total. The smallest absolute Gasteiger partial charge is 0.260 e. The zero-order valence-electron chi connectivity index (χ0n) is 27.1. The average Bonchev–Trinajstić information content (AvgIpc) is 3.04. The normalized spacial score (nSPS) is 18.1. The fourth-order valence-corrected chi connectivity index (χ4v) is 6.93. The molecule has 238 valence electrons. The van der Waals surface area contributed by atoms with Gasteiger partial charge in [-0.2, -0.15) is 4.98 Å². The van der Waals surface area contributed by atoms with Crippen LogP contribution in [0.15, 0.2) is 53.5 Å². The SMILES string of the molecule is CCN(C)CCn1c(=O)c(-c2ccc(C3CCCN(C)C3)cc2C)cc2cnc(Nc3ccc(C4CCNCC4)c(F)c3)nc21. The highest BCUT2D eigenvalue weighted by Crippen LogP contribution is 2.32. The maximum atomic E-state index is 15.1. The molecule has 4 heterocycles. The van der Waals surface area contributed by atoms with Gasteiger partial charge in [0.15, 0.2) is 0 Å². The highest BCUT2D eigenvalue weighted by molar-refractivity contribution is 5.82. The van der Waals surface area contributed by atoms with Crippen LogP contribution in [0.4, 0.5) is 16.0 Å². The summed E-state index contributed by atoms with van der Waals surface area (Å²) < 4.78 is 16.9. The van der Waals surface area contributed by atoms with Crippen molar-refractivity contribution in [2.75, 3.05) is 58.7 Å². The number of rotatable bonds is 9. The maximum absolute atomic E-state index is 15.1. The number of pyridine rings is 1. The van der Waals surface area contributed by atoms with E-state index in [1.807, 2.05) is 25.2 Å². The van der Waals surface area contributed by atoms with Crippen LogP contribution in [-0.2, 0) is 6.54 Å². The molecule has 0 spiro atoms. The van der Waals surface area contributed by atoms with E-state index in [1.165, 1.54) is 24.5 Å². The molecule has 0 aliphatic carbocycles. The number of likely N-dealkylation sites (N-methyl/N-ethyl adjacent to an activating group) is 2. The Bertz CT molecular complexity index is 1710. The predicted octanol–water partition coefficient (Wildman–Crippen LogP) is 5.88. The summed E-state index contributed by atoms with van der Waals surface area (Å²) in [6.07, 6.45) is 6.03. The Morgan fingerprint density at radius 2 is 1.89 bits per heavy atom. The van der Waals surface area contributed by atoms with Crippen LogP contribution in [0.1, 0.15) is 61.1 Å². The average molecular weight is 612 g/mol. The minimum atomic E-state index is -0.214. The summed E-state index contributed by atoms with van der Waals surface area (Å²) in [6, 6.07) is 13.8. The van der Waals surface area contributed by atoms with E-state index in [0.29, 0.717) is 41.9 Å². The Morgan fingerprint density at radius 1 is 1.07 bits per heavy atom. The van der Waals surface area contributed by atoms with Gasteiger partial charge >= 0.3 is 0 Å². The third-order valence-electron chi connectivity index (χ3n) is 9.74. The fourth-order valence-electron chi connectivity index (χ4n) is 6.93. The Labute approximate surface area is 265 Å². The molecule has 2 aliphatic rings. The molecule has 1 atom stereocenters. The second-order valence-corrected chi connectivity index (χ2v) is 12.9. The van der Waals surface area contributed by atoms with Crippen LogP contribution in [0, 0.1) is 12.7 Å². The van der Waals surface area contributed by atoms with Crippen molar-refractivity contribution in [2.24, 2.45) is 0 Å². The Kier molecular flexibility index (Phi) is 9.58. The first-order valence-corrected chi connectivity index (χ1v) is 16.5. The molecule has 1 unspecified atom stereocenters. The van der Waals surface area contributed by atoms with Crippen molar-refractivity contribution in [3.63, 3.8) is 0 Å². The van der Waals surface area contributed by atoms with E-state index in [1.54, 1.807) is 10.8 Å². The number of hydrogen-bond acceptors (Lipinski definition) is 7. The van der Waals surface area contributed by atoms with Crippen molar-refractivity contribution in [3.05, 3.63) is 81.5 Å². The highest BCUT2D eigenvalue weighted by Gasteiger charge is 2.22.